The molecule has 2 aliphatic heterocycles. The number of carboxylic acid groups (broad SMARTS) is 1. The third-order valence-electron chi connectivity index (χ3n) is 5.13. The van der Waals surface area contributed by atoms with E-state index in [2.05, 4.69) is 5.32 Å². The first-order valence-electron chi connectivity index (χ1n) is 7.97. The summed E-state index contributed by atoms with van der Waals surface area (Å²) >= 11 is 0. The van der Waals surface area contributed by atoms with Crippen LogP contribution >= 0.6 is 0 Å². The summed E-state index contributed by atoms with van der Waals surface area (Å²) < 4.78 is 32.4. The van der Waals surface area contributed by atoms with Gasteiger partial charge < -0.3 is 15.2 Å². The van der Waals surface area contributed by atoms with Crippen LogP contribution in [0, 0.1) is 5.41 Å². The average Bonchev–Trinajstić information content (AvgIpc) is 2.99. The van der Waals surface area contributed by atoms with E-state index in [0.29, 0.717) is 44.6 Å². The van der Waals surface area contributed by atoms with Crippen molar-refractivity contribution in [3.8, 4) is 5.75 Å². The Morgan fingerprint density at radius 3 is 2.58 bits per heavy atom. The Bertz CT molecular complexity index is 726. The van der Waals surface area contributed by atoms with Gasteiger partial charge in [-0.15, -0.1) is 0 Å². The number of carboxylic acids is 1. The van der Waals surface area contributed by atoms with Gasteiger partial charge in [-0.05, 0) is 36.8 Å². The standard InChI is InChI=1S/C16H22N2O5S/c1-23-13-4-2-3-5-14(13)24(21,22)18-8-6-16(7-9-18)10-12(15(19)20)17-11-16/h2-5,12,17H,6-11H2,1H3,(H,19,20). The summed E-state index contributed by atoms with van der Waals surface area (Å²) in [6, 6.07) is 6.08. The molecule has 132 valence electrons. The number of benzene rings is 1. The van der Waals surface area contributed by atoms with Gasteiger partial charge in [-0.2, -0.15) is 4.31 Å². The Morgan fingerprint density at radius 1 is 1.33 bits per heavy atom. The molecule has 3 rings (SSSR count). The molecule has 7 nitrogen and oxygen atoms in total. The van der Waals surface area contributed by atoms with Gasteiger partial charge in [0.2, 0.25) is 10.0 Å². The summed E-state index contributed by atoms with van der Waals surface area (Å²) in [6.45, 7) is 1.43. The van der Waals surface area contributed by atoms with Crippen molar-refractivity contribution < 1.29 is 23.1 Å². The highest BCUT2D eigenvalue weighted by molar-refractivity contribution is 7.89. The van der Waals surface area contributed by atoms with Crippen LogP contribution in [0.4, 0.5) is 0 Å². The number of piperidine rings is 1. The largest absolute Gasteiger partial charge is 0.495 e. The summed E-state index contributed by atoms with van der Waals surface area (Å²) in [5, 5.41) is 12.2. The van der Waals surface area contributed by atoms with Crippen LogP contribution in [0.2, 0.25) is 0 Å². The molecule has 0 aromatic heterocycles. The summed E-state index contributed by atoms with van der Waals surface area (Å²) in [7, 11) is -2.16. The minimum atomic E-state index is -3.61. The van der Waals surface area contributed by atoms with Crippen molar-refractivity contribution in [2.45, 2.75) is 30.2 Å². The van der Waals surface area contributed by atoms with Gasteiger partial charge in [-0.25, -0.2) is 8.42 Å². The van der Waals surface area contributed by atoms with E-state index in [1.807, 2.05) is 0 Å². The maximum atomic E-state index is 12.9. The predicted octanol–water partition coefficient (Wildman–Crippen LogP) is 0.913. The molecule has 2 saturated heterocycles. The average molecular weight is 354 g/mol. The van der Waals surface area contributed by atoms with Gasteiger partial charge in [0, 0.05) is 19.6 Å². The van der Waals surface area contributed by atoms with Crippen LogP contribution in [0.25, 0.3) is 0 Å². The first-order valence-corrected chi connectivity index (χ1v) is 9.41. The molecular formula is C16H22N2O5S. The van der Waals surface area contributed by atoms with Gasteiger partial charge in [-0.3, -0.25) is 4.79 Å². The molecule has 1 spiro atoms. The molecule has 1 atom stereocenters. The molecule has 1 aromatic carbocycles. The van der Waals surface area contributed by atoms with Crippen molar-refractivity contribution in [3.63, 3.8) is 0 Å². The van der Waals surface area contributed by atoms with Crippen LogP contribution in [0.3, 0.4) is 0 Å². The number of ether oxygens (including phenoxy) is 1. The van der Waals surface area contributed by atoms with E-state index in [-0.39, 0.29) is 10.3 Å². The van der Waals surface area contributed by atoms with Crippen molar-refractivity contribution in [3.05, 3.63) is 24.3 Å². The van der Waals surface area contributed by atoms with Crippen LogP contribution in [-0.2, 0) is 14.8 Å². The molecule has 24 heavy (non-hydrogen) atoms. The first-order chi connectivity index (χ1) is 11.4. The zero-order valence-electron chi connectivity index (χ0n) is 13.6. The molecule has 0 saturated carbocycles. The minimum Gasteiger partial charge on any atom is -0.495 e. The lowest BCUT2D eigenvalue weighted by Crippen LogP contribution is -2.44. The zero-order valence-corrected chi connectivity index (χ0v) is 14.4. The summed E-state index contributed by atoms with van der Waals surface area (Å²) in [4.78, 5) is 11.3. The number of hydrogen-bond donors (Lipinski definition) is 2. The van der Waals surface area contributed by atoms with Crippen LogP contribution in [0.1, 0.15) is 19.3 Å². The van der Waals surface area contributed by atoms with E-state index in [1.54, 1.807) is 24.3 Å². The number of nitrogens with zero attached hydrogens (tertiary/aromatic N) is 1. The summed E-state index contributed by atoms with van der Waals surface area (Å²) in [5.74, 6) is -0.498. The number of aliphatic carboxylic acids is 1. The first kappa shape index (κ1) is 17.2. The zero-order chi connectivity index (χ0) is 17.4. The number of carbonyl (C=O) groups is 1. The van der Waals surface area contributed by atoms with Gasteiger partial charge in [0.15, 0.2) is 0 Å². The highest BCUT2D eigenvalue weighted by atomic mass is 32.2. The summed E-state index contributed by atoms with van der Waals surface area (Å²) in [6.07, 6.45) is 1.89. The third kappa shape index (κ3) is 3.01. The lowest BCUT2D eigenvalue weighted by molar-refractivity contribution is -0.139. The molecule has 1 unspecified atom stereocenters. The van der Waals surface area contributed by atoms with Crippen LogP contribution in [0.15, 0.2) is 29.2 Å². The van der Waals surface area contributed by atoms with Crippen molar-refractivity contribution >= 4 is 16.0 Å². The number of methoxy groups -OCH3 is 1. The second kappa shape index (κ2) is 6.34. The van der Waals surface area contributed by atoms with E-state index in [9.17, 15) is 13.2 Å². The van der Waals surface area contributed by atoms with Crippen molar-refractivity contribution in [2.75, 3.05) is 26.7 Å². The fourth-order valence-corrected chi connectivity index (χ4v) is 5.24. The third-order valence-corrected chi connectivity index (χ3v) is 7.07. The van der Waals surface area contributed by atoms with Gasteiger partial charge in [-0.1, -0.05) is 12.1 Å². The second-order valence-corrected chi connectivity index (χ2v) is 8.44. The SMILES string of the molecule is COc1ccccc1S(=O)(=O)N1CCC2(CC1)CNC(C(=O)O)C2. The second-order valence-electron chi connectivity index (χ2n) is 6.53. The molecule has 8 heteroatoms. The lowest BCUT2D eigenvalue weighted by atomic mass is 9.77. The predicted molar refractivity (Wildman–Crippen MR) is 87.5 cm³/mol. The number of hydrogen-bond acceptors (Lipinski definition) is 5. The molecule has 2 N–H and O–H groups in total. The van der Waals surface area contributed by atoms with Gasteiger partial charge in [0.25, 0.3) is 0 Å². The number of nitrogens with one attached hydrogen (secondary N) is 1. The van der Waals surface area contributed by atoms with Crippen molar-refractivity contribution in [1.82, 2.24) is 9.62 Å². The molecule has 0 radical (unpaired) electrons. The Labute approximate surface area is 141 Å². The Morgan fingerprint density at radius 2 is 2.00 bits per heavy atom. The molecule has 1 aromatic rings. The number of sulfonamides is 1. The van der Waals surface area contributed by atoms with Gasteiger partial charge in [0.1, 0.15) is 16.7 Å². The maximum Gasteiger partial charge on any atom is 0.320 e. The van der Waals surface area contributed by atoms with Gasteiger partial charge in [0.05, 0.1) is 7.11 Å². The monoisotopic (exact) mass is 354 g/mol. The van der Waals surface area contributed by atoms with Crippen LogP contribution in [0.5, 0.6) is 5.75 Å². The molecule has 2 fully saturated rings. The molecule has 0 aliphatic carbocycles. The normalized spacial score (nSPS) is 24.1. The van der Waals surface area contributed by atoms with E-state index in [4.69, 9.17) is 9.84 Å². The fourth-order valence-electron chi connectivity index (χ4n) is 3.64. The van der Waals surface area contributed by atoms with E-state index < -0.39 is 22.0 Å². The van der Waals surface area contributed by atoms with Gasteiger partial charge >= 0.3 is 5.97 Å². The molecule has 0 amide bonds. The van der Waals surface area contributed by atoms with Crippen LogP contribution in [-0.4, -0.2) is 56.6 Å². The van der Waals surface area contributed by atoms with E-state index in [1.165, 1.54) is 11.4 Å². The lowest BCUT2D eigenvalue weighted by Gasteiger charge is -2.38. The van der Waals surface area contributed by atoms with Crippen LogP contribution < -0.4 is 10.1 Å². The topological polar surface area (TPSA) is 95.9 Å². The van der Waals surface area contributed by atoms with E-state index >= 15 is 0 Å². The molecule has 2 heterocycles. The Balaban J connectivity index is 1.74. The quantitative estimate of drug-likeness (QED) is 0.834. The molecular weight excluding hydrogens is 332 g/mol. The highest BCUT2D eigenvalue weighted by Crippen LogP contribution is 2.41. The van der Waals surface area contributed by atoms with E-state index in [0.717, 1.165) is 0 Å². The number of rotatable bonds is 4. The Kier molecular flexibility index (Phi) is 4.54. The molecule has 2 aliphatic rings. The number of para-hydroxylation sites is 1. The molecule has 0 bridgehead atoms. The maximum absolute atomic E-state index is 12.9. The minimum absolute atomic E-state index is 0.115. The smallest absolute Gasteiger partial charge is 0.320 e. The highest BCUT2D eigenvalue weighted by Gasteiger charge is 2.45. The summed E-state index contributed by atoms with van der Waals surface area (Å²) in [5.41, 5.74) is -0.115. The van der Waals surface area contributed by atoms with Crippen molar-refractivity contribution in [1.29, 1.82) is 0 Å². The Hall–Kier alpha value is -1.64. The fraction of sp³-hybridized carbons (Fsp3) is 0.562. The van der Waals surface area contributed by atoms with Crippen molar-refractivity contribution in [2.24, 2.45) is 5.41 Å².